The molecule has 0 saturated carbocycles. The largest absolute Gasteiger partial charge is 0.544 e. The van der Waals surface area contributed by atoms with E-state index in [0.29, 0.717) is 5.75 Å². The number of hydrogen-bond donors (Lipinski definition) is 2. The van der Waals surface area contributed by atoms with Crippen molar-refractivity contribution in [3.05, 3.63) is 29.8 Å². The van der Waals surface area contributed by atoms with Gasteiger partial charge in [-0.1, -0.05) is 12.1 Å². The molecule has 0 fully saturated rings. The maximum absolute atomic E-state index is 13.2. The lowest BCUT2D eigenvalue weighted by Crippen LogP contribution is -2.36. The topological polar surface area (TPSA) is 55.5 Å². The molecule has 0 aliphatic rings. The molecule has 0 amide bonds. The molecule has 0 spiro atoms. The molecule has 1 atom stereocenters. The molecule has 6 heteroatoms. The molecule has 3 nitrogen and oxygen atoms in total. The molecule has 102 valence electrons. The van der Waals surface area contributed by atoms with Crippen LogP contribution in [0.4, 0.5) is 8.78 Å². The van der Waals surface area contributed by atoms with Crippen LogP contribution in [0.2, 0.25) is 19.6 Å². The third-order valence-corrected chi connectivity index (χ3v) is 3.18. The minimum atomic E-state index is -3.32. The Labute approximate surface area is 107 Å². The van der Waals surface area contributed by atoms with Gasteiger partial charge in [-0.3, -0.25) is 0 Å². The fourth-order valence-electron chi connectivity index (χ4n) is 1.44. The monoisotopic (exact) mass is 275 g/mol. The second kappa shape index (κ2) is 5.34. The molecule has 1 rings (SSSR count). The van der Waals surface area contributed by atoms with Crippen LogP contribution in [-0.4, -0.2) is 26.0 Å². The van der Waals surface area contributed by atoms with Crippen LogP contribution in [0.1, 0.15) is 11.6 Å². The number of halogens is 2. The lowest BCUT2D eigenvalue weighted by molar-refractivity contribution is -0.0711. The average molecular weight is 275 g/mol. The summed E-state index contributed by atoms with van der Waals surface area (Å²) in [6, 6.07) is 4.75. The number of alkyl halides is 2. The number of benzene rings is 1. The van der Waals surface area contributed by atoms with Gasteiger partial charge in [0.2, 0.25) is 8.32 Å². The zero-order valence-electron chi connectivity index (χ0n) is 10.8. The van der Waals surface area contributed by atoms with E-state index in [-0.39, 0.29) is 5.56 Å². The van der Waals surface area contributed by atoms with Crippen molar-refractivity contribution in [2.24, 2.45) is 5.73 Å². The van der Waals surface area contributed by atoms with E-state index in [2.05, 4.69) is 0 Å². The van der Waals surface area contributed by atoms with Crippen molar-refractivity contribution in [1.82, 2.24) is 0 Å². The predicted molar refractivity (Wildman–Crippen MR) is 69.4 cm³/mol. The summed E-state index contributed by atoms with van der Waals surface area (Å²) in [6.07, 6.45) is 0. The summed E-state index contributed by atoms with van der Waals surface area (Å²) in [5.74, 6) is -2.67. The van der Waals surface area contributed by atoms with E-state index < -0.39 is 26.9 Å². The van der Waals surface area contributed by atoms with Crippen molar-refractivity contribution in [2.75, 3.05) is 6.61 Å². The summed E-state index contributed by atoms with van der Waals surface area (Å²) >= 11 is 0. The van der Waals surface area contributed by atoms with Crippen molar-refractivity contribution < 1.29 is 18.3 Å². The molecule has 0 heterocycles. The maximum Gasteiger partial charge on any atom is 0.289 e. The van der Waals surface area contributed by atoms with Gasteiger partial charge in [0.1, 0.15) is 12.4 Å². The van der Waals surface area contributed by atoms with Crippen LogP contribution in [0.5, 0.6) is 5.75 Å². The normalized spacial score (nSPS) is 14.4. The zero-order chi connectivity index (χ0) is 14.0. The first-order valence-corrected chi connectivity index (χ1v) is 9.10. The Morgan fingerprint density at radius 1 is 1.28 bits per heavy atom. The lowest BCUT2D eigenvalue weighted by atomic mass is 10.0. The van der Waals surface area contributed by atoms with Crippen molar-refractivity contribution in [3.8, 4) is 5.75 Å². The molecule has 0 unspecified atom stereocenters. The molecule has 0 aromatic heterocycles. The van der Waals surface area contributed by atoms with Crippen molar-refractivity contribution in [3.63, 3.8) is 0 Å². The minimum Gasteiger partial charge on any atom is -0.544 e. The molecule has 1 aromatic rings. The van der Waals surface area contributed by atoms with E-state index in [4.69, 9.17) is 15.3 Å². The summed E-state index contributed by atoms with van der Waals surface area (Å²) in [5.41, 5.74) is 5.69. The summed E-state index contributed by atoms with van der Waals surface area (Å²) in [5, 5.41) is 8.58. The van der Waals surface area contributed by atoms with Crippen LogP contribution in [0.3, 0.4) is 0 Å². The van der Waals surface area contributed by atoms with E-state index in [1.807, 2.05) is 19.6 Å². The van der Waals surface area contributed by atoms with Gasteiger partial charge in [0, 0.05) is 0 Å². The zero-order valence-corrected chi connectivity index (χ0v) is 11.8. The Morgan fingerprint density at radius 3 is 2.17 bits per heavy atom. The van der Waals surface area contributed by atoms with Crippen molar-refractivity contribution in [1.29, 1.82) is 0 Å². The Kier molecular flexibility index (Phi) is 4.47. The summed E-state index contributed by atoms with van der Waals surface area (Å²) < 4.78 is 32.1. The van der Waals surface area contributed by atoms with Gasteiger partial charge in [-0.25, -0.2) is 8.78 Å². The quantitative estimate of drug-likeness (QED) is 0.812. The van der Waals surface area contributed by atoms with Gasteiger partial charge in [0.05, 0.1) is 6.04 Å². The predicted octanol–water partition coefficient (Wildman–Crippen LogP) is 2.53. The minimum absolute atomic E-state index is 0.275. The first-order chi connectivity index (χ1) is 8.15. The molecular formula is C12H19F2NO2Si. The van der Waals surface area contributed by atoms with Gasteiger partial charge in [0.15, 0.2) is 0 Å². The molecule has 0 radical (unpaired) electrons. The van der Waals surface area contributed by atoms with Gasteiger partial charge >= 0.3 is 0 Å². The Balaban J connectivity index is 2.83. The Hall–Kier alpha value is -0.983. The highest BCUT2D eigenvalue weighted by Gasteiger charge is 2.37. The Morgan fingerprint density at radius 2 is 1.78 bits per heavy atom. The highest BCUT2D eigenvalue weighted by Crippen LogP contribution is 2.29. The number of hydrogen-bond acceptors (Lipinski definition) is 3. The van der Waals surface area contributed by atoms with Crippen LogP contribution < -0.4 is 10.2 Å². The van der Waals surface area contributed by atoms with E-state index in [0.717, 1.165) is 0 Å². The van der Waals surface area contributed by atoms with E-state index in [1.54, 1.807) is 12.1 Å². The fourth-order valence-corrected chi connectivity index (χ4v) is 2.28. The summed E-state index contributed by atoms with van der Waals surface area (Å²) in [6.45, 7) is 4.84. The van der Waals surface area contributed by atoms with Gasteiger partial charge in [-0.05, 0) is 37.3 Å². The van der Waals surface area contributed by atoms with E-state index in [1.165, 1.54) is 12.1 Å². The van der Waals surface area contributed by atoms with Crippen molar-refractivity contribution >= 4 is 8.32 Å². The summed E-state index contributed by atoms with van der Waals surface area (Å²) in [4.78, 5) is 0. The molecule has 0 aliphatic heterocycles. The highest BCUT2D eigenvalue weighted by molar-refractivity contribution is 6.70. The number of aliphatic hydroxyl groups is 1. The molecule has 18 heavy (non-hydrogen) atoms. The Bertz CT molecular complexity index is 390. The third-order valence-electron chi connectivity index (χ3n) is 2.33. The van der Waals surface area contributed by atoms with Gasteiger partial charge < -0.3 is 15.3 Å². The second-order valence-corrected chi connectivity index (χ2v) is 9.61. The molecule has 1 aromatic carbocycles. The molecule has 3 N–H and O–H groups in total. The van der Waals surface area contributed by atoms with E-state index >= 15 is 0 Å². The van der Waals surface area contributed by atoms with Gasteiger partial charge in [-0.15, -0.1) is 0 Å². The SMILES string of the molecule is C[Si](C)(C)Oc1ccc([C@H](N)C(F)(F)CO)cc1. The second-order valence-electron chi connectivity index (χ2n) is 5.18. The van der Waals surface area contributed by atoms with Crippen molar-refractivity contribution in [2.45, 2.75) is 31.6 Å². The first kappa shape index (κ1) is 15.1. The van der Waals surface area contributed by atoms with E-state index in [9.17, 15) is 8.78 Å². The van der Waals surface area contributed by atoms with Crippen LogP contribution in [0, 0.1) is 0 Å². The molecular weight excluding hydrogens is 256 g/mol. The standard InChI is InChI=1S/C12H19F2NO2Si/c1-18(2,3)17-10-6-4-9(5-7-10)11(15)12(13,14)8-16/h4-7,11,16H,8,15H2,1-3H3/t11-/m0/s1. The number of aliphatic hydroxyl groups excluding tert-OH is 1. The van der Waals surface area contributed by atoms with Crippen LogP contribution in [-0.2, 0) is 0 Å². The molecule has 0 saturated heterocycles. The lowest BCUT2D eigenvalue weighted by Gasteiger charge is -2.23. The highest BCUT2D eigenvalue weighted by atomic mass is 28.4. The number of rotatable bonds is 5. The molecule has 0 bridgehead atoms. The van der Waals surface area contributed by atoms with Crippen LogP contribution in [0.15, 0.2) is 24.3 Å². The van der Waals surface area contributed by atoms with Crippen LogP contribution >= 0.6 is 0 Å². The smallest absolute Gasteiger partial charge is 0.289 e. The maximum atomic E-state index is 13.2. The summed E-state index contributed by atoms with van der Waals surface area (Å²) in [7, 11) is -1.71. The molecule has 0 aliphatic carbocycles. The van der Waals surface area contributed by atoms with Gasteiger partial charge in [0.25, 0.3) is 5.92 Å². The third kappa shape index (κ3) is 4.04. The fraction of sp³-hybridized carbons (Fsp3) is 0.500. The first-order valence-electron chi connectivity index (χ1n) is 5.69. The number of nitrogens with two attached hydrogens (primary N) is 1. The average Bonchev–Trinajstić information content (AvgIpc) is 2.27. The van der Waals surface area contributed by atoms with Gasteiger partial charge in [-0.2, -0.15) is 0 Å². The van der Waals surface area contributed by atoms with Crippen LogP contribution in [0.25, 0.3) is 0 Å².